The van der Waals surface area contributed by atoms with Crippen LogP contribution in [0.25, 0.3) is 0 Å². The van der Waals surface area contributed by atoms with Crippen molar-refractivity contribution in [3.05, 3.63) is 35.9 Å². The number of benzene rings is 1. The smallest absolute Gasteiger partial charge is 0.328 e. The quantitative estimate of drug-likeness (QED) is 0.456. The van der Waals surface area contributed by atoms with Gasteiger partial charge in [-0.15, -0.1) is 0 Å². The monoisotopic (exact) mass is 376 g/mol. The number of amides is 1. The molecule has 0 spiro atoms. The van der Waals surface area contributed by atoms with Gasteiger partial charge in [0.1, 0.15) is 6.04 Å². The van der Waals surface area contributed by atoms with E-state index in [4.69, 9.17) is 14.9 Å². The summed E-state index contributed by atoms with van der Waals surface area (Å²) in [7, 11) is 0. The van der Waals surface area contributed by atoms with Crippen LogP contribution in [-0.4, -0.2) is 42.1 Å². The zero-order valence-corrected chi connectivity index (χ0v) is 16.2. The van der Waals surface area contributed by atoms with Gasteiger partial charge in [-0.05, 0) is 39.7 Å². The van der Waals surface area contributed by atoms with Gasteiger partial charge in [0.15, 0.2) is 11.9 Å². The van der Waals surface area contributed by atoms with E-state index in [2.05, 4.69) is 5.32 Å². The van der Waals surface area contributed by atoms with Crippen molar-refractivity contribution in [3.8, 4) is 0 Å². The van der Waals surface area contributed by atoms with Crippen LogP contribution in [0.15, 0.2) is 30.3 Å². The summed E-state index contributed by atoms with van der Waals surface area (Å²) in [5, 5.41) is 9.61. The molecule has 0 saturated heterocycles. The second-order valence-corrected chi connectivity index (χ2v) is 6.67. The standard InChI is InChI=1S/C20H28N2O5/c1-13(2)26-18(15-8-6-5-7-9-15)19(24)22-17(11-10-16(23)12-21)20(25)27-14(3)4/h5-9,12-14,17-18,21H,10-11H2,1-4H3,(H,22,24)/t17-,18-/m0/s1. The van der Waals surface area contributed by atoms with E-state index in [1.165, 1.54) is 0 Å². The van der Waals surface area contributed by atoms with Crippen molar-refractivity contribution >= 4 is 23.9 Å². The van der Waals surface area contributed by atoms with Crippen molar-refractivity contribution in [2.75, 3.05) is 0 Å². The van der Waals surface area contributed by atoms with Crippen molar-refractivity contribution in [2.45, 2.75) is 64.9 Å². The normalized spacial score (nSPS) is 13.1. The number of carbonyl (C=O) groups is 3. The molecular formula is C20H28N2O5. The van der Waals surface area contributed by atoms with Gasteiger partial charge >= 0.3 is 5.97 Å². The average molecular weight is 376 g/mol. The molecule has 0 aromatic heterocycles. The lowest BCUT2D eigenvalue weighted by molar-refractivity contribution is -0.153. The molecule has 0 fully saturated rings. The average Bonchev–Trinajstić information content (AvgIpc) is 2.62. The van der Waals surface area contributed by atoms with Crippen LogP contribution in [0.3, 0.4) is 0 Å². The summed E-state index contributed by atoms with van der Waals surface area (Å²) in [6, 6.07) is 7.98. The number of nitrogens with one attached hydrogen (secondary N) is 2. The van der Waals surface area contributed by atoms with Gasteiger partial charge < -0.3 is 20.2 Å². The first kappa shape index (κ1) is 22.5. The molecule has 7 nitrogen and oxygen atoms in total. The van der Waals surface area contributed by atoms with Crippen molar-refractivity contribution in [1.82, 2.24) is 5.32 Å². The van der Waals surface area contributed by atoms with Gasteiger partial charge in [0, 0.05) is 6.42 Å². The Bertz CT molecular complexity index is 643. The van der Waals surface area contributed by atoms with Gasteiger partial charge in [0.25, 0.3) is 5.91 Å². The second-order valence-electron chi connectivity index (χ2n) is 6.67. The number of hydrogen-bond acceptors (Lipinski definition) is 6. The molecule has 0 aliphatic rings. The highest BCUT2D eigenvalue weighted by Gasteiger charge is 2.29. The SMILES string of the molecule is CC(C)OC(=O)[C@H](CCC(=O)C=N)NC(=O)[C@@H](OC(C)C)c1ccccc1. The van der Waals surface area contributed by atoms with Gasteiger partial charge in [-0.25, -0.2) is 4.79 Å². The van der Waals surface area contributed by atoms with Crippen molar-refractivity contribution < 1.29 is 23.9 Å². The molecule has 1 aromatic carbocycles. The van der Waals surface area contributed by atoms with Gasteiger partial charge in [-0.3, -0.25) is 9.59 Å². The number of carbonyl (C=O) groups excluding carboxylic acids is 3. The molecule has 2 N–H and O–H groups in total. The van der Waals surface area contributed by atoms with Crippen LogP contribution < -0.4 is 5.32 Å². The minimum absolute atomic E-state index is 0.0390. The molecule has 7 heteroatoms. The number of ether oxygens (including phenoxy) is 2. The zero-order valence-electron chi connectivity index (χ0n) is 16.2. The fourth-order valence-corrected chi connectivity index (χ4v) is 2.36. The Balaban J connectivity index is 2.96. The predicted molar refractivity (Wildman–Crippen MR) is 102 cm³/mol. The van der Waals surface area contributed by atoms with Crippen LogP contribution in [0.5, 0.6) is 0 Å². The molecule has 2 atom stereocenters. The summed E-state index contributed by atoms with van der Waals surface area (Å²) in [4.78, 5) is 36.6. The van der Waals surface area contributed by atoms with E-state index in [-0.39, 0.29) is 25.0 Å². The van der Waals surface area contributed by atoms with Crippen LogP contribution >= 0.6 is 0 Å². The second kappa shape index (κ2) is 11.2. The lowest BCUT2D eigenvalue weighted by Crippen LogP contribution is -2.45. The summed E-state index contributed by atoms with van der Waals surface area (Å²) in [5.74, 6) is -1.53. The molecule has 0 bridgehead atoms. The summed E-state index contributed by atoms with van der Waals surface area (Å²) in [6.45, 7) is 7.04. The molecule has 0 aliphatic carbocycles. The molecular weight excluding hydrogens is 348 g/mol. The van der Waals surface area contributed by atoms with Gasteiger partial charge in [-0.2, -0.15) is 0 Å². The Hall–Kier alpha value is -2.54. The molecule has 0 saturated carbocycles. The van der Waals surface area contributed by atoms with Gasteiger partial charge in [0.2, 0.25) is 0 Å². The molecule has 1 amide bonds. The van der Waals surface area contributed by atoms with E-state index >= 15 is 0 Å². The minimum Gasteiger partial charge on any atom is -0.461 e. The third kappa shape index (κ3) is 8.13. The first-order valence-electron chi connectivity index (χ1n) is 8.99. The number of Topliss-reactive ketones (excluding diaryl/α,β-unsaturated/α-hetero) is 1. The maximum Gasteiger partial charge on any atom is 0.328 e. The summed E-state index contributed by atoms with van der Waals surface area (Å²) in [6.07, 6.45) is -0.744. The number of esters is 1. The summed E-state index contributed by atoms with van der Waals surface area (Å²) < 4.78 is 10.9. The van der Waals surface area contributed by atoms with Crippen molar-refractivity contribution in [3.63, 3.8) is 0 Å². The van der Waals surface area contributed by atoms with E-state index in [0.29, 0.717) is 11.8 Å². The number of hydrogen-bond donors (Lipinski definition) is 2. The van der Waals surface area contributed by atoms with Gasteiger partial charge in [-0.1, -0.05) is 30.3 Å². The predicted octanol–water partition coefficient (Wildman–Crippen LogP) is 2.59. The lowest BCUT2D eigenvalue weighted by Gasteiger charge is -2.24. The van der Waals surface area contributed by atoms with Crippen LogP contribution in [0.2, 0.25) is 0 Å². The Morgan fingerprint density at radius 2 is 1.70 bits per heavy atom. The number of rotatable bonds is 11. The van der Waals surface area contributed by atoms with Crippen molar-refractivity contribution in [1.29, 1.82) is 5.41 Å². The fourth-order valence-electron chi connectivity index (χ4n) is 2.36. The Labute approximate surface area is 159 Å². The third-order valence-corrected chi connectivity index (χ3v) is 3.54. The summed E-state index contributed by atoms with van der Waals surface area (Å²) in [5.41, 5.74) is 0.662. The van der Waals surface area contributed by atoms with Crippen molar-refractivity contribution in [2.24, 2.45) is 0 Å². The van der Waals surface area contributed by atoms with E-state index in [0.717, 1.165) is 0 Å². The molecule has 0 radical (unpaired) electrons. The van der Waals surface area contributed by atoms with E-state index in [9.17, 15) is 14.4 Å². The number of ketones is 1. The fraction of sp³-hybridized carbons (Fsp3) is 0.500. The zero-order chi connectivity index (χ0) is 20.4. The molecule has 0 heterocycles. The first-order chi connectivity index (χ1) is 12.7. The van der Waals surface area contributed by atoms with E-state index in [1.54, 1.807) is 38.1 Å². The minimum atomic E-state index is -0.995. The van der Waals surface area contributed by atoms with Crippen LogP contribution in [0.4, 0.5) is 0 Å². The maximum atomic E-state index is 12.8. The molecule has 0 unspecified atom stereocenters. The molecule has 1 aromatic rings. The van der Waals surface area contributed by atoms with Crippen LogP contribution in [0, 0.1) is 5.41 Å². The Kier molecular flexibility index (Phi) is 9.36. The Morgan fingerprint density at radius 1 is 1.07 bits per heavy atom. The molecule has 148 valence electrons. The third-order valence-electron chi connectivity index (χ3n) is 3.54. The molecule has 1 rings (SSSR count). The van der Waals surface area contributed by atoms with E-state index in [1.807, 2.05) is 19.9 Å². The Morgan fingerprint density at radius 3 is 2.22 bits per heavy atom. The van der Waals surface area contributed by atoms with E-state index < -0.39 is 29.8 Å². The molecule has 27 heavy (non-hydrogen) atoms. The summed E-state index contributed by atoms with van der Waals surface area (Å²) >= 11 is 0. The largest absolute Gasteiger partial charge is 0.461 e. The lowest BCUT2D eigenvalue weighted by atomic mass is 10.1. The topological polar surface area (TPSA) is 106 Å². The highest BCUT2D eigenvalue weighted by Crippen LogP contribution is 2.20. The molecule has 0 aliphatic heterocycles. The maximum absolute atomic E-state index is 12.8. The van der Waals surface area contributed by atoms with Crippen LogP contribution in [0.1, 0.15) is 52.2 Å². The van der Waals surface area contributed by atoms with Crippen LogP contribution in [-0.2, 0) is 23.9 Å². The highest BCUT2D eigenvalue weighted by molar-refractivity contribution is 6.26. The first-order valence-corrected chi connectivity index (χ1v) is 8.99. The highest BCUT2D eigenvalue weighted by atomic mass is 16.5. The van der Waals surface area contributed by atoms with Gasteiger partial charge in [0.05, 0.1) is 18.4 Å².